The SMILES string of the molecule is COCCCNC(=O)c1cnn2c(C(F)(F)F)cc(-c3ccc(S(C)(=O)=O)cc3)nc12. The van der Waals surface area contributed by atoms with Crippen LogP contribution in [0, 0.1) is 0 Å². The first-order valence-electron chi connectivity index (χ1n) is 9.06. The van der Waals surface area contributed by atoms with Crippen LogP contribution >= 0.6 is 0 Å². The monoisotopic (exact) mass is 456 g/mol. The van der Waals surface area contributed by atoms with Crippen LogP contribution in [0.4, 0.5) is 13.2 Å². The van der Waals surface area contributed by atoms with Crippen molar-refractivity contribution in [3.8, 4) is 11.3 Å². The van der Waals surface area contributed by atoms with E-state index in [-0.39, 0.29) is 33.9 Å². The highest BCUT2D eigenvalue weighted by molar-refractivity contribution is 7.90. The van der Waals surface area contributed by atoms with E-state index in [1.54, 1.807) is 0 Å². The van der Waals surface area contributed by atoms with Crippen molar-refractivity contribution in [1.29, 1.82) is 0 Å². The van der Waals surface area contributed by atoms with E-state index in [1.165, 1.54) is 31.4 Å². The lowest BCUT2D eigenvalue weighted by atomic mass is 10.1. The zero-order chi connectivity index (χ0) is 22.8. The maximum absolute atomic E-state index is 13.6. The number of methoxy groups -OCH3 is 1. The average molecular weight is 456 g/mol. The van der Waals surface area contributed by atoms with Gasteiger partial charge in [0.1, 0.15) is 5.56 Å². The summed E-state index contributed by atoms with van der Waals surface area (Å²) in [5, 5.41) is 6.29. The van der Waals surface area contributed by atoms with Crippen LogP contribution in [0.15, 0.2) is 41.4 Å². The van der Waals surface area contributed by atoms with Crippen LogP contribution in [0.25, 0.3) is 16.9 Å². The Bertz CT molecular complexity index is 1210. The van der Waals surface area contributed by atoms with Crippen molar-refractivity contribution >= 4 is 21.4 Å². The molecule has 0 spiro atoms. The van der Waals surface area contributed by atoms with Crippen LogP contribution in [0.3, 0.4) is 0 Å². The number of hydrogen-bond acceptors (Lipinski definition) is 6. The molecule has 3 aromatic rings. The molecule has 0 saturated carbocycles. The van der Waals surface area contributed by atoms with Crippen molar-refractivity contribution in [3.05, 3.63) is 47.8 Å². The van der Waals surface area contributed by atoms with Crippen molar-refractivity contribution in [2.45, 2.75) is 17.5 Å². The number of sulfone groups is 1. The molecule has 0 radical (unpaired) electrons. The van der Waals surface area contributed by atoms with Crippen molar-refractivity contribution in [2.24, 2.45) is 0 Å². The molecule has 166 valence electrons. The third-order valence-electron chi connectivity index (χ3n) is 4.40. The molecule has 2 heterocycles. The molecule has 12 heteroatoms. The maximum atomic E-state index is 13.6. The molecule has 0 saturated heterocycles. The van der Waals surface area contributed by atoms with Gasteiger partial charge in [-0.15, -0.1) is 0 Å². The summed E-state index contributed by atoms with van der Waals surface area (Å²) in [4.78, 5) is 16.7. The Labute approximate surface area is 176 Å². The molecule has 0 aliphatic heterocycles. The average Bonchev–Trinajstić information content (AvgIpc) is 3.13. The van der Waals surface area contributed by atoms with Gasteiger partial charge >= 0.3 is 6.18 Å². The molecule has 1 amide bonds. The van der Waals surface area contributed by atoms with E-state index in [0.29, 0.717) is 17.5 Å². The third-order valence-corrected chi connectivity index (χ3v) is 5.52. The summed E-state index contributed by atoms with van der Waals surface area (Å²) in [5.41, 5.74) is -1.31. The number of nitrogens with zero attached hydrogens (tertiary/aromatic N) is 3. The highest BCUT2D eigenvalue weighted by Gasteiger charge is 2.36. The van der Waals surface area contributed by atoms with Gasteiger partial charge in [-0.2, -0.15) is 18.3 Å². The first kappa shape index (κ1) is 22.7. The standard InChI is InChI=1S/C19H19F3N4O4S/c1-30-9-3-8-23-18(27)14-11-24-26-16(19(20,21)22)10-15(25-17(14)26)12-4-6-13(7-5-12)31(2,28)29/h4-7,10-11H,3,8-9H2,1-2H3,(H,23,27). The second kappa shape index (κ2) is 8.63. The molecule has 0 atom stereocenters. The topological polar surface area (TPSA) is 103 Å². The number of ether oxygens (including phenoxy) is 1. The van der Waals surface area contributed by atoms with E-state index in [2.05, 4.69) is 15.4 Å². The summed E-state index contributed by atoms with van der Waals surface area (Å²) < 4.78 is 69.7. The Hall–Kier alpha value is -2.99. The van der Waals surface area contributed by atoms with Gasteiger partial charge in [0.15, 0.2) is 21.2 Å². The summed E-state index contributed by atoms with van der Waals surface area (Å²) in [6, 6.07) is 6.08. The van der Waals surface area contributed by atoms with E-state index >= 15 is 0 Å². The molecule has 0 unspecified atom stereocenters. The number of aromatic nitrogens is 3. The number of hydrogen-bond donors (Lipinski definition) is 1. The minimum absolute atomic E-state index is 0.0221. The van der Waals surface area contributed by atoms with Gasteiger partial charge in [-0.25, -0.2) is 17.9 Å². The van der Waals surface area contributed by atoms with Crippen LogP contribution in [0.5, 0.6) is 0 Å². The zero-order valence-electron chi connectivity index (χ0n) is 16.6. The van der Waals surface area contributed by atoms with E-state index in [9.17, 15) is 26.4 Å². The first-order valence-corrected chi connectivity index (χ1v) is 10.9. The van der Waals surface area contributed by atoms with Crippen LogP contribution in [-0.4, -0.2) is 55.4 Å². The van der Waals surface area contributed by atoms with Gasteiger partial charge in [-0.1, -0.05) is 12.1 Å². The normalized spacial score (nSPS) is 12.3. The lowest BCUT2D eigenvalue weighted by molar-refractivity contribution is -0.142. The fourth-order valence-electron chi connectivity index (χ4n) is 2.86. The predicted molar refractivity (Wildman–Crippen MR) is 105 cm³/mol. The van der Waals surface area contributed by atoms with Crippen LogP contribution in [-0.2, 0) is 20.8 Å². The number of nitrogens with one attached hydrogen (secondary N) is 1. The minimum Gasteiger partial charge on any atom is -0.385 e. The number of amides is 1. The molecule has 1 aromatic carbocycles. The van der Waals surface area contributed by atoms with Gasteiger partial charge < -0.3 is 10.1 Å². The second-order valence-corrected chi connectivity index (χ2v) is 8.73. The molecule has 3 rings (SSSR count). The van der Waals surface area contributed by atoms with Gasteiger partial charge in [-0.3, -0.25) is 4.79 Å². The minimum atomic E-state index is -4.76. The predicted octanol–water partition coefficient (Wildman–Crippen LogP) is 2.58. The molecule has 0 fully saturated rings. The Morgan fingerprint density at radius 3 is 2.48 bits per heavy atom. The molecule has 0 aliphatic rings. The third kappa shape index (κ3) is 5.02. The first-order chi connectivity index (χ1) is 14.5. The van der Waals surface area contributed by atoms with Gasteiger partial charge in [0.25, 0.3) is 5.91 Å². The lowest BCUT2D eigenvalue weighted by Gasteiger charge is -2.12. The lowest BCUT2D eigenvalue weighted by Crippen LogP contribution is -2.25. The highest BCUT2D eigenvalue weighted by Crippen LogP contribution is 2.33. The van der Waals surface area contributed by atoms with E-state index in [0.717, 1.165) is 18.5 Å². The largest absolute Gasteiger partial charge is 0.433 e. The van der Waals surface area contributed by atoms with Gasteiger partial charge in [-0.05, 0) is 24.6 Å². The molecule has 0 bridgehead atoms. The Morgan fingerprint density at radius 1 is 1.23 bits per heavy atom. The summed E-state index contributed by atoms with van der Waals surface area (Å²) in [6.07, 6.45) is -2.18. The van der Waals surface area contributed by atoms with Gasteiger partial charge in [0.2, 0.25) is 0 Å². The van der Waals surface area contributed by atoms with Gasteiger partial charge in [0, 0.05) is 32.1 Å². The highest BCUT2D eigenvalue weighted by atomic mass is 32.2. The van der Waals surface area contributed by atoms with Crippen LogP contribution < -0.4 is 5.32 Å². The molecular weight excluding hydrogens is 437 g/mol. The Kier molecular flexibility index (Phi) is 6.32. The van der Waals surface area contributed by atoms with Crippen LogP contribution in [0.1, 0.15) is 22.5 Å². The molecule has 2 aromatic heterocycles. The summed E-state index contributed by atoms with van der Waals surface area (Å²) in [7, 11) is -1.95. The fraction of sp³-hybridized carbons (Fsp3) is 0.316. The van der Waals surface area contributed by atoms with Crippen molar-refractivity contribution in [1.82, 2.24) is 19.9 Å². The van der Waals surface area contributed by atoms with Crippen molar-refractivity contribution in [2.75, 3.05) is 26.5 Å². The Balaban J connectivity index is 2.07. The molecule has 1 N–H and O–H groups in total. The summed E-state index contributed by atoms with van der Waals surface area (Å²) in [6.45, 7) is 0.682. The van der Waals surface area contributed by atoms with Gasteiger partial charge in [0.05, 0.1) is 16.8 Å². The van der Waals surface area contributed by atoms with E-state index < -0.39 is 27.6 Å². The van der Waals surface area contributed by atoms with E-state index in [4.69, 9.17) is 4.74 Å². The number of carbonyl (C=O) groups excluding carboxylic acids is 1. The smallest absolute Gasteiger partial charge is 0.385 e. The van der Waals surface area contributed by atoms with Crippen LogP contribution in [0.2, 0.25) is 0 Å². The number of carbonyl (C=O) groups is 1. The maximum Gasteiger partial charge on any atom is 0.433 e. The van der Waals surface area contributed by atoms with Crippen molar-refractivity contribution < 1.29 is 31.1 Å². The number of fused-ring (bicyclic) bond motifs is 1. The number of rotatable bonds is 7. The van der Waals surface area contributed by atoms with Crippen molar-refractivity contribution in [3.63, 3.8) is 0 Å². The number of alkyl halides is 3. The number of halogens is 3. The molecular formula is C19H19F3N4O4S. The zero-order valence-corrected chi connectivity index (χ0v) is 17.4. The summed E-state index contributed by atoms with van der Waals surface area (Å²) >= 11 is 0. The van der Waals surface area contributed by atoms with E-state index in [1.807, 2.05) is 0 Å². The molecule has 8 nitrogen and oxygen atoms in total. The molecule has 31 heavy (non-hydrogen) atoms. The second-order valence-electron chi connectivity index (χ2n) is 6.72. The summed E-state index contributed by atoms with van der Waals surface area (Å²) in [5.74, 6) is -0.615. The Morgan fingerprint density at radius 2 is 1.90 bits per heavy atom. The number of benzene rings is 1. The fourth-order valence-corrected chi connectivity index (χ4v) is 3.49. The quantitative estimate of drug-likeness (QED) is 0.549. The molecule has 0 aliphatic carbocycles.